The molecule has 2 heterocycles. The first-order valence-corrected chi connectivity index (χ1v) is 14.5. The minimum Gasteiger partial charge on any atom is -0.409 e. The molecule has 2 aliphatic heterocycles. The van der Waals surface area contributed by atoms with E-state index < -0.39 is 20.7 Å². The molecule has 2 aromatic rings. The number of fused-ring (bicyclic) bond motifs is 1. The number of methoxy groups -OCH3 is 1. The lowest BCUT2D eigenvalue weighted by molar-refractivity contribution is -0.299. The normalized spacial score (nSPS) is 30.7. The summed E-state index contributed by atoms with van der Waals surface area (Å²) in [7, 11) is -0.231. The minimum atomic E-state index is -1.89. The zero-order valence-corrected chi connectivity index (χ0v) is 20.2. The molecule has 0 aliphatic carbocycles. The zero-order chi connectivity index (χ0) is 22.4. The number of benzene rings is 2. The Morgan fingerprint density at radius 1 is 0.875 bits per heavy atom. The molecule has 6 heteroatoms. The summed E-state index contributed by atoms with van der Waals surface area (Å²) in [4.78, 5) is 0. The lowest BCUT2D eigenvalue weighted by Gasteiger charge is -2.47. The summed E-state index contributed by atoms with van der Waals surface area (Å²) < 4.78 is 31.8. The van der Waals surface area contributed by atoms with Crippen molar-refractivity contribution < 1.29 is 23.4 Å². The van der Waals surface area contributed by atoms with Gasteiger partial charge in [-0.3, -0.25) is 0 Å². The highest BCUT2D eigenvalue weighted by Crippen LogP contribution is 2.34. The van der Waals surface area contributed by atoms with E-state index in [4.69, 9.17) is 23.4 Å². The summed E-state index contributed by atoms with van der Waals surface area (Å²) in [5.41, 5.74) is 2.21. The van der Waals surface area contributed by atoms with E-state index in [-0.39, 0.29) is 18.3 Å². The van der Waals surface area contributed by atoms with Crippen molar-refractivity contribution in [1.82, 2.24) is 0 Å². The maximum absolute atomic E-state index is 6.76. The molecule has 0 saturated carbocycles. The smallest absolute Gasteiger partial charge is 0.187 e. The minimum absolute atomic E-state index is 0.232. The summed E-state index contributed by atoms with van der Waals surface area (Å²) in [6.45, 7) is 5.46. The third kappa shape index (κ3) is 5.95. The molecule has 2 aromatic carbocycles. The molecule has 5 atom stereocenters. The van der Waals surface area contributed by atoms with Crippen LogP contribution < -0.4 is 0 Å². The van der Waals surface area contributed by atoms with E-state index in [1.165, 1.54) is 0 Å². The molecule has 0 radical (unpaired) electrons. The Kier molecular flexibility index (Phi) is 7.94. The van der Waals surface area contributed by atoms with Gasteiger partial charge in [0.1, 0.15) is 24.4 Å². The summed E-state index contributed by atoms with van der Waals surface area (Å²) in [6.07, 6.45) is 3.56. The monoisotopic (exact) mass is 454 g/mol. The Labute approximate surface area is 192 Å². The molecular formula is C26H34O5Si. The highest BCUT2D eigenvalue weighted by Gasteiger charge is 2.49. The Bertz CT molecular complexity index is 857. The third-order valence-corrected chi connectivity index (χ3v) is 8.43. The van der Waals surface area contributed by atoms with E-state index in [9.17, 15) is 0 Å². The van der Waals surface area contributed by atoms with Crippen LogP contribution in [0.3, 0.4) is 0 Å². The van der Waals surface area contributed by atoms with Crippen molar-refractivity contribution in [3.8, 4) is 0 Å². The first-order chi connectivity index (χ1) is 15.6. The fraction of sp³-hybridized carbons (Fsp3) is 0.462. The van der Waals surface area contributed by atoms with Crippen LogP contribution in [0.5, 0.6) is 0 Å². The molecule has 172 valence electrons. The zero-order valence-electron chi connectivity index (χ0n) is 19.2. The van der Waals surface area contributed by atoms with Gasteiger partial charge in [0, 0.05) is 7.11 Å². The average molecular weight is 455 g/mol. The topological polar surface area (TPSA) is 46.2 Å². The van der Waals surface area contributed by atoms with Crippen LogP contribution in [0.2, 0.25) is 19.1 Å². The largest absolute Gasteiger partial charge is 0.409 e. The van der Waals surface area contributed by atoms with E-state index in [0.29, 0.717) is 13.2 Å². The van der Waals surface area contributed by atoms with E-state index >= 15 is 0 Å². The van der Waals surface area contributed by atoms with Crippen LogP contribution in [0.1, 0.15) is 17.5 Å². The summed E-state index contributed by atoms with van der Waals surface area (Å²) in [6, 6.07) is 21.4. The van der Waals surface area contributed by atoms with Crippen molar-refractivity contribution in [2.45, 2.75) is 69.5 Å². The third-order valence-electron chi connectivity index (χ3n) is 6.03. The van der Waals surface area contributed by atoms with Crippen LogP contribution in [0, 0.1) is 0 Å². The molecule has 1 saturated heterocycles. The Morgan fingerprint density at radius 3 is 2.06 bits per heavy atom. The van der Waals surface area contributed by atoms with Gasteiger partial charge in [-0.25, -0.2) is 0 Å². The number of hydrogen-bond donors (Lipinski definition) is 0. The second-order valence-electron chi connectivity index (χ2n) is 9.04. The molecule has 0 unspecified atom stereocenters. The Hall–Kier alpha value is -1.80. The molecule has 0 aromatic heterocycles. The van der Waals surface area contributed by atoms with Crippen LogP contribution in [0.15, 0.2) is 72.8 Å². The number of rotatable bonds is 7. The van der Waals surface area contributed by atoms with Crippen LogP contribution in [0.25, 0.3) is 0 Å². The Balaban J connectivity index is 1.60. The van der Waals surface area contributed by atoms with Gasteiger partial charge in [-0.2, -0.15) is 0 Å². The molecule has 5 nitrogen and oxygen atoms in total. The lowest BCUT2D eigenvalue weighted by Crippen LogP contribution is -2.62. The van der Waals surface area contributed by atoms with Gasteiger partial charge in [-0.1, -0.05) is 72.8 Å². The first-order valence-electron chi connectivity index (χ1n) is 11.4. The van der Waals surface area contributed by atoms with E-state index in [0.717, 1.165) is 23.6 Å². The summed E-state index contributed by atoms with van der Waals surface area (Å²) >= 11 is 0. The summed E-state index contributed by atoms with van der Waals surface area (Å²) in [5, 5.41) is 0. The fourth-order valence-electron chi connectivity index (χ4n) is 4.30. The SMILES string of the molecule is CO[C@H]1O[C@@H]2/C=C\CC[Si](C)(C)O[C@H]2[C@H](OCc2ccccc2)[C@H]1OCc1ccccc1. The van der Waals surface area contributed by atoms with Crippen LogP contribution in [-0.4, -0.2) is 46.1 Å². The first kappa shape index (κ1) is 23.4. The number of allylic oxidation sites excluding steroid dienone is 1. The van der Waals surface area contributed by atoms with Gasteiger partial charge in [0.15, 0.2) is 14.6 Å². The van der Waals surface area contributed by atoms with Gasteiger partial charge in [-0.05, 0) is 36.7 Å². The van der Waals surface area contributed by atoms with E-state index in [1.807, 2.05) is 36.4 Å². The molecule has 32 heavy (non-hydrogen) atoms. The molecule has 0 spiro atoms. The summed E-state index contributed by atoms with van der Waals surface area (Å²) in [5.74, 6) is 0. The Morgan fingerprint density at radius 2 is 1.47 bits per heavy atom. The molecule has 0 amide bonds. The van der Waals surface area contributed by atoms with Crippen molar-refractivity contribution in [3.05, 3.63) is 83.9 Å². The van der Waals surface area contributed by atoms with Gasteiger partial charge < -0.3 is 23.4 Å². The predicted octanol–water partition coefficient (Wildman–Crippen LogP) is 5.08. The molecule has 0 bridgehead atoms. The van der Waals surface area contributed by atoms with Gasteiger partial charge >= 0.3 is 0 Å². The van der Waals surface area contributed by atoms with Crippen LogP contribution in [-0.2, 0) is 36.6 Å². The highest BCUT2D eigenvalue weighted by atomic mass is 28.4. The lowest BCUT2D eigenvalue weighted by atomic mass is 9.97. The van der Waals surface area contributed by atoms with E-state index in [1.54, 1.807) is 7.11 Å². The number of ether oxygens (including phenoxy) is 4. The second kappa shape index (κ2) is 10.9. The average Bonchev–Trinajstić information content (AvgIpc) is 2.80. The highest BCUT2D eigenvalue weighted by molar-refractivity contribution is 6.71. The van der Waals surface area contributed by atoms with Crippen molar-refractivity contribution in [3.63, 3.8) is 0 Å². The standard InChI is InChI=1S/C26H34O5Si/c1-27-26-25(29-19-21-14-8-5-9-15-21)24(28-18-20-12-6-4-7-13-20)23-22(30-26)16-10-11-17-32(2,3)31-23/h4-10,12-16,22-26H,11,17-19H2,1-3H3/b16-10-/t22-,23-,24+,25-,26+/m1/s1. The molecular weight excluding hydrogens is 420 g/mol. The maximum Gasteiger partial charge on any atom is 0.187 e. The van der Waals surface area contributed by atoms with Gasteiger partial charge in [-0.15, -0.1) is 0 Å². The van der Waals surface area contributed by atoms with Crippen LogP contribution >= 0.6 is 0 Å². The second-order valence-corrected chi connectivity index (χ2v) is 13.3. The maximum atomic E-state index is 6.76. The van der Waals surface area contributed by atoms with E-state index in [2.05, 4.69) is 49.5 Å². The van der Waals surface area contributed by atoms with Gasteiger partial charge in [0.2, 0.25) is 0 Å². The van der Waals surface area contributed by atoms with Crippen molar-refractivity contribution in [2.75, 3.05) is 7.11 Å². The van der Waals surface area contributed by atoms with Gasteiger partial charge in [0.25, 0.3) is 0 Å². The quantitative estimate of drug-likeness (QED) is 0.431. The van der Waals surface area contributed by atoms with Gasteiger partial charge in [0.05, 0.1) is 13.2 Å². The molecule has 2 aliphatic rings. The molecule has 0 N–H and O–H groups in total. The van der Waals surface area contributed by atoms with Crippen LogP contribution in [0.4, 0.5) is 0 Å². The van der Waals surface area contributed by atoms with Crippen molar-refractivity contribution in [1.29, 1.82) is 0 Å². The van der Waals surface area contributed by atoms with Crippen molar-refractivity contribution >= 4 is 8.32 Å². The molecule has 4 rings (SSSR count). The fourth-order valence-corrected chi connectivity index (χ4v) is 6.29. The van der Waals surface area contributed by atoms with Crippen molar-refractivity contribution in [2.24, 2.45) is 0 Å². The number of hydrogen-bond acceptors (Lipinski definition) is 5. The predicted molar refractivity (Wildman–Crippen MR) is 127 cm³/mol. The molecule has 1 fully saturated rings.